The van der Waals surface area contributed by atoms with Crippen LogP contribution in [0.3, 0.4) is 0 Å². The van der Waals surface area contributed by atoms with E-state index in [1.807, 2.05) is 30.0 Å². The molecular weight excluding hydrogens is 356 g/mol. The van der Waals surface area contributed by atoms with Crippen LogP contribution in [0.15, 0.2) is 23.1 Å². The summed E-state index contributed by atoms with van der Waals surface area (Å²) in [5.74, 6) is 1.04. The van der Waals surface area contributed by atoms with Gasteiger partial charge in [-0.15, -0.1) is 11.8 Å². The number of amides is 1. The molecule has 4 unspecified atom stereocenters. The van der Waals surface area contributed by atoms with Gasteiger partial charge in [0.05, 0.1) is 12.1 Å². The first-order valence-electron chi connectivity index (χ1n) is 8.99. The van der Waals surface area contributed by atoms with Crippen molar-refractivity contribution in [2.45, 2.75) is 55.7 Å². The maximum Gasteiger partial charge on any atom is 0.241 e. The Hall–Kier alpha value is -0.750. The SMILES string of the molecule is CC1(C)C2OCCCC2C1(N)C(=O)NC1CCSc2ccc(Cl)cc21. The molecule has 6 heteroatoms. The number of carbonyl (C=O) groups excluding carboxylic acids is 1. The van der Waals surface area contributed by atoms with Crippen LogP contribution in [0.5, 0.6) is 0 Å². The van der Waals surface area contributed by atoms with E-state index >= 15 is 0 Å². The normalized spacial score (nSPS) is 35.9. The zero-order valence-electron chi connectivity index (χ0n) is 14.7. The Labute approximate surface area is 158 Å². The molecule has 1 aromatic carbocycles. The van der Waals surface area contributed by atoms with Gasteiger partial charge >= 0.3 is 0 Å². The van der Waals surface area contributed by atoms with Gasteiger partial charge < -0.3 is 15.8 Å². The molecule has 1 saturated carbocycles. The predicted octanol–water partition coefficient (Wildman–Crippen LogP) is 3.53. The third-order valence-electron chi connectivity index (χ3n) is 6.38. The van der Waals surface area contributed by atoms with Gasteiger partial charge in [0.1, 0.15) is 5.54 Å². The topological polar surface area (TPSA) is 64.3 Å². The predicted molar refractivity (Wildman–Crippen MR) is 101 cm³/mol. The monoisotopic (exact) mass is 380 g/mol. The van der Waals surface area contributed by atoms with E-state index in [-0.39, 0.29) is 29.4 Å². The molecule has 4 atom stereocenters. The molecule has 3 aliphatic rings. The van der Waals surface area contributed by atoms with E-state index in [1.165, 1.54) is 4.90 Å². The van der Waals surface area contributed by atoms with Gasteiger partial charge in [0.25, 0.3) is 0 Å². The summed E-state index contributed by atoms with van der Waals surface area (Å²) in [6.07, 6.45) is 2.91. The third kappa shape index (κ3) is 2.54. The molecule has 2 aliphatic heterocycles. The van der Waals surface area contributed by atoms with Crippen LogP contribution in [-0.2, 0) is 9.53 Å². The standard InChI is InChI=1S/C19H25ClN2O2S/c1-18(2)16-13(4-3-8-24-16)19(18,21)17(23)22-14-7-9-25-15-6-5-11(20)10-12(14)15/h5-6,10,13-14,16H,3-4,7-9,21H2,1-2H3,(H,22,23). The Kier molecular flexibility index (Phi) is 4.35. The molecule has 4 nitrogen and oxygen atoms in total. The van der Waals surface area contributed by atoms with Crippen molar-refractivity contribution < 1.29 is 9.53 Å². The van der Waals surface area contributed by atoms with E-state index < -0.39 is 5.54 Å². The largest absolute Gasteiger partial charge is 0.377 e. The van der Waals surface area contributed by atoms with Crippen LogP contribution in [-0.4, -0.2) is 29.9 Å². The summed E-state index contributed by atoms with van der Waals surface area (Å²) in [4.78, 5) is 14.4. The van der Waals surface area contributed by atoms with Crippen molar-refractivity contribution in [3.63, 3.8) is 0 Å². The molecule has 0 aromatic heterocycles. The van der Waals surface area contributed by atoms with E-state index in [0.717, 1.165) is 37.2 Å². The molecule has 1 amide bonds. The molecule has 0 radical (unpaired) electrons. The summed E-state index contributed by atoms with van der Waals surface area (Å²) in [7, 11) is 0. The number of nitrogens with two attached hydrogens (primary N) is 1. The lowest BCUT2D eigenvalue weighted by Gasteiger charge is -2.65. The maximum absolute atomic E-state index is 13.2. The highest BCUT2D eigenvalue weighted by atomic mass is 35.5. The second kappa shape index (κ2) is 6.15. The highest BCUT2D eigenvalue weighted by Crippen LogP contribution is 2.57. The first-order valence-corrected chi connectivity index (χ1v) is 10.4. The second-order valence-corrected chi connectivity index (χ2v) is 9.55. The van der Waals surface area contributed by atoms with Crippen molar-refractivity contribution >= 4 is 29.3 Å². The summed E-state index contributed by atoms with van der Waals surface area (Å²) >= 11 is 7.99. The second-order valence-electron chi connectivity index (χ2n) is 7.98. The molecular formula is C19H25ClN2O2S. The molecule has 4 rings (SSSR count). The molecule has 1 saturated heterocycles. The lowest BCUT2D eigenvalue weighted by atomic mass is 9.46. The number of ether oxygens (including phenoxy) is 1. The smallest absolute Gasteiger partial charge is 0.241 e. The van der Waals surface area contributed by atoms with Crippen molar-refractivity contribution in [2.75, 3.05) is 12.4 Å². The van der Waals surface area contributed by atoms with E-state index in [1.54, 1.807) is 0 Å². The van der Waals surface area contributed by atoms with Crippen molar-refractivity contribution in [2.24, 2.45) is 17.1 Å². The minimum absolute atomic E-state index is 0.0257. The fraction of sp³-hybridized carbons (Fsp3) is 0.632. The summed E-state index contributed by atoms with van der Waals surface area (Å²) < 4.78 is 5.92. The molecule has 2 fully saturated rings. The summed E-state index contributed by atoms with van der Waals surface area (Å²) in [5.41, 5.74) is 6.60. The fourth-order valence-electron chi connectivity index (χ4n) is 4.83. The number of benzene rings is 1. The average Bonchev–Trinajstić information content (AvgIpc) is 2.61. The number of halogens is 1. The minimum atomic E-state index is -0.874. The number of hydrogen-bond acceptors (Lipinski definition) is 4. The van der Waals surface area contributed by atoms with Crippen LogP contribution < -0.4 is 11.1 Å². The van der Waals surface area contributed by atoms with E-state index in [2.05, 4.69) is 19.2 Å². The van der Waals surface area contributed by atoms with Crippen molar-refractivity contribution in [3.8, 4) is 0 Å². The van der Waals surface area contributed by atoms with Crippen LogP contribution >= 0.6 is 23.4 Å². The van der Waals surface area contributed by atoms with Crippen LogP contribution in [0.25, 0.3) is 0 Å². The molecule has 0 bridgehead atoms. The van der Waals surface area contributed by atoms with Crippen LogP contribution in [0.2, 0.25) is 5.02 Å². The van der Waals surface area contributed by atoms with Crippen LogP contribution in [0.1, 0.15) is 44.7 Å². The maximum atomic E-state index is 13.2. The quantitative estimate of drug-likeness (QED) is 0.823. The van der Waals surface area contributed by atoms with Crippen molar-refractivity contribution in [3.05, 3.63) is 28.8 Å². The van der Waals surface area contributed by atoms with Gasteiger partial charge in [0.15, 0.2) is 0 Å². The van der Waals surface area contributed by atoms with Gasteiger partial charge in [-0.1, -0.05) is 25.4 Å². The van der Waals surface area contributed by atoms with Crippen LogP contribution in [0, 0.1) is 11.3 Å². The zero-order valence-corrected chi connectivity index (χ0v) is 16.3. The molecule has 25 heavy (non-hydrogen) atoms. The summed E-state index contributed by atoms with van der Waals surface area (Å²) in [6.45, 7) is 4.88. The first-order chi connectivity index (χ1) is 11.9. The Morgan fingerprint density at radius 1 is 1.40 bits per heavy atom. The Bertz CT molecular complexity index is 711. The van der Waals surface area contributed by atoms with Crippen molar-refractivity contribution in [1.82, 2.24) is 5.32 Å². The number of hydrogen-bond donors (Lipinski definition) is 2. The van der Waals surface area contributed by atoms with Crippen molar-refractivity contribution in [1.29, 1.82) is 0 Å². The van der Waals surface area contributed by atoms with Crippen LogP contribution in [0.4, 0.5) is 0 Å². The highest BCUT2D eigenvalue weighted by molar-refractivity contribution is 7.99. The average molecular weight is 381 g/mol. The zero-order chi connectivity index (χ0) is 17.8. The number of nitrogens with one attached hydrogen (secondary N) is 1. The van der Waals surface area contributed by atoms with Gasteiger partial charge in [-0.3, -0.25) is 4.79 Å². The highest BCUT2D eigenvalue weighted by Gasteiger charge is 2.70. The molecule has 136 valence electrons. The molecule has 1 aromatic rings. The molecule has 2 heterocycles. The van der Waals surface area contributed by atoms with Gasteiger partial charge in [-0.2, -0.15) is 0 Å². The lowest BCUT2D eigenvalue weighted by molar-refractivity contribution is -0.225. The molecule has 1 aliphatic carbocycles. The minimum Gasteiger partial charge on any atom is -0.377 e. The summed E-state index contributed by atoms with van der Waals surface area (Å²) in [6, 6.07) is 5.88. The Morgan fingerprint density at radius 3 is 3.00 bits per heavy atom. The number of fused-ring (bicyclic) bond motifs is 2. The number of rotatable bonds is 2. The van der Waals surface area contributed by atoms with E-state index in [4.69, 9.17) is 22.1 Å². The molecule has 0 spiro atoms. The third-order valence-corrected chi connectivity index (χ3v) is 7.73. The number of thioether (sulfide) groups is 1. The van der Waals surface area contributed by atoms with E-state index in [0.29, 0.717) is 5.02 Å². The number of carbonyl (C=O) groups is 1. The Balaban J connectivity index is 1.58. The summed E-state index contributed by atoms with van der Waals surface area (Å²) in [5, 5.41) is 3.94. The van der Waals surface area contributed by atoms with Gasteiger partial charge in [-0.25, -0.2) is 0 Å². The molecule has 3 N–H and O–H groups in total. The van der Waals surface area contributed by atoms with Gasteiger partial charge in [0.2, 0.25) is 5.91 Å². The van der Waals surface area contributed by atoms with Gasteiger partial charge in [0, 0.05) is 33.6 Å². The lowest BCUT2D eigenvalue weighted by Crippen LogP contribution is -2.82. The first kappa shape index (κ1) is 17.7. The van der Waals surface area contributed by atoms with E-state index in [9.17, 15) is 4.79 Å². The fourth-order valence-corrected chi connectivity index (χ4v) is 6.12. The van der Waals surface area contributed by atoms with Gasteiger partial charge in [-0.05, 0) is 43.0 Å². The Morgan fingerprint density at radius 2 is 2.20 bits per heavy atom.